The summed E-state index contributed by atoms with van der Waals surface area (Å²) in [7, 11) is -0.368. The number of rotatable bonds is 5. The Labute approximate surface area is 220 Å². The molecule has 0 aromatic heterocycles. The average Bonchev–Trinajstić information content (AvgIpc) is 3.12. The van der Waals surface area contributed by atoms with Crippen molar-refractivity contribution in [1.29, 1.82) is 0 Å². The van der Waals surface area contributed by atoms with Crippen molar-refractivity contribution in [2.45, 2.75) is 38.9 Å². The molecule has 0 N–H and O–H groups in total. The number of allylic oxidation sites excluding steroid dienone is 4. The summed E-state index contributed by atoms with van der Waals surface area (Å²) < 4.78 is 12.6. The Bertz CT molecular complexity index is 1470. The summed E-state index contributed by atoms with van der Waals surface area (Å²) in [5.74, 6) is 0. The van der Waals surface area contributed by atoms with Gasteiger partial charge in [-0.1, -0.05) is 115 Å². The van der Waals surface area contributed by atoms with Gasteiger partial charge in [0, 0.05) is 0 Å². The highest BCUT2D eigenvalue weighted by Gasteiger charge is 2.51. The van der Waals surface area contributed by atoms with E-state index in [0.717, 1.165) is 5.46 Å². The van der Waals surface area contributed by atoms with Crippen molar-refractivity contribution in [2.24, 2.45) is 0 Å². The van der Waals surface area contributed by atoms with Gasteiger partial charge in [-0.3, -0.25) is 0 Å². The van der Waals surface area contributed by atoms with E-state index in [9.17, 15) is 0 Å². The molecule has 0 atom stereocenters. The first-order valence-corrected chi connectivity index (χ1v) is 13.0. The van der Waals surface area contributed by atoms with Gasteiger partial charge in [0.05, 0.1) is 11.2 Å². The molecule has 1 aliphatic carbocycles. The molecular weight excluding hydrogens is 451 g/mol. The molecule has 0 spiro atoms. The van der Waals surface area contributed by atoms with Crippen LogP contribution in [0.25, 0.3) is 22.3 Å². The first kappa shape index (κ1) is 23.7. The normalized spacial score (nSPS) is 18.2. The van der Waals surface area contributed by atoms with E-state index in [0.29, 0.717) is 0 Å². The zero-order chi connectivity index (χ0) is 25.6. The van der Waals surface area contributed by atoms with E-state index in [2.05, 4.69) is 143 Å². The molecule has 0 radical (unpaired) electrons. The van der Waals surface area contributed by atoms with Gasteiger partial charge in [0.15, 0.2) is 0 Å². The largest absolute Gasteiger partial charge is 0.494 e. The first-order chi connectivity index (χ1) is 17.9. The van der Waals surface area contributed by atoms with Crippen LogP contribution in [0.5, 0.6) is 0 Å². The lowest BCUT2D eigenvalue weighted by Gasteiger charge is -2.33. The van der Waals surface area contributed by atoms with Crippen LogP contribution in [0.1, 0.15) is 49.9 Å². The molecule has 2 aliphatic rings. The van der Waals surface area contributed by atoms with Crippen LogP contribution in [0, 0.1) is 0 Å². The van der Waals surface area contributed by atoms with Crippen molar-refractivity contribution in [2.75, 3.05) is 0 Å². The second-order valence-corrected chi connectivity index (χ2v) is 10.8. The van der Waals surface area contributed by atoms with E-state index in [4.69, 9.17) is 9.31 Å². The Morgan fingerprint density at radius 3 is 1.03 bits per heavy atom. The molecule has 182 valence electrons. The molecule has 0 bridgehead atoms. The molecule has 1 aliphatic heterocycles. The molecule has 37 heavy (non-hydrogen) atoms. The average molecular weight is 482 g/mol. The summed E-state index contributed by atoms with van der Waals surface area (Å²) in [6.45, 7) is 8.37. The minimum absolute atomic E-state index is 0.360. The van der Waals surface area contributed by atoms with E-state index >= 15 is 0 Å². The minimum atomic E-state index is -0.368. The molecule has 6 rings (SSSR count). The lowest BCUT2D eigenvalue weighted by atomic mass is 9.69. The predicted molar refractivity (Wildman–Crippen MR) is 155 cm³/mol. The topological polar surface area (TPSA) is 18.5 Å². The van der Waals surface area contributed by atoms with Crippen molar-refractivity contribution >= 4 is 34.9 Å². The van der Waals surface area contributed by atoms with Gasteiger partial charge in [-0.05, 0) is 77.7 Å². The Kier molecular flexibility index (Phi) is 5.79. The van der Waals surface area contributed by atoms with Crippen LogP contribution in [0.15, 0.2) is 115 Å². The van der Waals surface area contributed by atoms with Crippen LogP contribution in [-0.4, -0.2) is 18.3 Å². The number of hydrogen-bond acceptors (Lipinski definition) is 2. The number of benzene rings is 4. The van der Waals surface area contributed by atoms with Gasteiger partial charge in [-0.2, -0.15) is 0 Å². The van der Waals surface area contributed by atoms with Crippen molar-refractivity contribution in [3.8, 4) is 0 Å². The molecule has 4 aromatic rings. The summed E-state index contributed by atoms with van der Waals surface area (Å²) >= 11 is 0. The quantitative estimate of drug-likeness (QED) is 0.274. The molecule has 1 saturated heterocycles. The van der Waals surface area contributed by atoms with Gasteiger partial charge >= 0.3 is 7.12 Å². The van der Waals surface area contributed by atoms with Gasteiger partial charge in [0.2, 0.25) is 0 Å². The maximum Gasteiger partial charge on any atom is 0.494 e. The van der Waals surface area contributed by atoms with Crippen LogP contribution >= 0.6 is 0 Å². The summed E-state index contributed by atoms with van der Waals surface area (Å²) in [6, 6.07) is 40.9. The monoisotopic (exact) mass is 482 g/mol. The van der Waals surface area contributed by atoms with E-state index < -0.39 is 0 Å². The van der Waals surface area contributed by atoms with Gasteiger partial charge in [-0.15, -0.1) is 0 Å². The highest BCUT2D eigenvalue weighted by Crippen LogP contribution is 2.56. The smallest absolute Gasteiger partial charge is 0.399 e. The lowest BCUT2D eigenvalue weighted by molar-refractivity contribution is 0.00578. The zero-order valence-corrected chi connectivity index (χ0v) is 21.9. The van der Waals surface area contributed by atoms with Crippen LogP contribution in [-0.2, 0) is 9.31 Å². The zero-order valence-electron chi connectivity index (χ0n) is 21.9. The van der Waals surface area contributed by atoms with Gasteiger partial charge in [0.1, 0.15) is 0 Å². The number of hydrogen-bond donors (Lipinski definition) is 0. The summed E-state index contributed by atoms with van der Waals surface area (Å²) in [4.78, 5) is 0. The van der Waals surface area contributed by atoms with Crippen LogP contribution < -0.4 is 5.46 Å². The van der Waals surface area contributed by atoms with Gasteiger partial charge in [-0.25, -0.2) is 0 Å². The molecule has 3 heteroatoms. The van der Waals surface area contributed by atoms with Crippen molar-refractivity contribution < 1.29 is 9.31 Å². The summed E-state index contributed by atoms with van der Waals surface area (Å²) in [5, 5.41) is 0. The summed E-state index contributed by atoms with van der Waals surface area (Å²) in [5.41, 5.74) is 10.3. The molecule has 4 aromatic carbocycles. The van der Waals surface area contributed by atoms with E-state index in [1.54, 1.807) is 0 Å². The molecule has 1 heterocycles. The standard InChI is InChI=1S/C34H31BO2/c1-33(2)34(3,4)37-35(36-33)28-22-20-27(21-23-28)32-30(25-16-10-6-11-17-25)29(24-14-8-5-9-15-24)31(32)26-18-12-7-13-19-26/h5-23H,1-4H3. The van der Waals surface area contributed by atoms with E-state index in [1.807, 2.05) is 0 Å². The minimum Gasteiger partial charge on any atom is -0.399 e. The Morgan fingerprint density at radius 2 is 0.703 bits per heavy atom. The molecule has 1 fully saturated rings. The molecule has 0 saturated carbocycles. The maximum absolute atomic E-state index is 6.30. The Morgan fingerprint density at radius 1 is 0.405 bits per heavy atom. The molecular formula is C34H31BO2. The highest BCUT2D eigenvalue weighted by atomic mass is 16.7. The SMILES string of the molecule is CC1(C)OB(c2ccc(C3=C(c4ccccc4)C(c4ccccc4)=C3c3ccccc3)cc2)OC1(C)C. The van der Waals surface area contributed by atoms with Crippen LogP contribution in [0.3, 0.4) is 0 Å². The van der Waals surface area contributed by atoms with Crippen molar-refractivity contribution in [3.63, 3.8) is 0 Å². The summed E-state index contributed by atoms with van der Waals surface area (Å²) in [6.07, 6.45) is 0. The third-order valence-corrected chi connectivity index (χ3v) is 7.91. The van der Waals surface area contributed by atoms with Crippen LogP contribution in [0.4, 0.5) is 0 Å². The molecule has 2 nitrogen and oxygen atoms in total. The van der Waals surface area contributed by atoms with Gasteiger partial charge < -0.3 is 9.31 Å². The fraction of sp³-hybridized carbons (Fsp3) is 0.176. The first-order valence-electron chi connectivity index (χ1n) is 13.0. The van der Waals surface area contributed by atoms with Gasteiger partial charge in [0.25, 0.3) is 0 Å². The molecule has 0 amide bonds. The van der Waals surface area contributed by atoms with Crippen molar-refractivity contribution in [1.82, 2.24) is 0 Å². The molecule has 0 unspecified atom stereocenters. The second kappa shape index (κ2) is 9.02. The van der Waals surface area contributed by atoms with Crippen molar-refractivity contribution in [3.05, 3.63) is 138 Å². The fourth-order valence-corrected chi connectivity index (χ4v) is 5.19. The van der Waals surface area contributed by atoms with E-state index in [-0.39, 0.29) is 18.3 Å². The second-order valence-electron chi connectivity index (χ2n) is 10.8. The predicted octanol–water partition coefficient (Wildman–Crippen LogP) is 7.52. The fourth-order valence-electron chi connectivity index (χ4n) is 5.19. The highest BCUT2D eigenvalue weighted by molar-refractivity contribution is 6.62. The van der Waals surface area contributed by atoms with E-state index in [1.165, 1.54) is 44.5 Å². The lowest BCUT2D eigenvalue weighted by Crippen LogP contribution is -2.41. The third-order valence-electron chi connectivity index (χ3n) is 7.91. The van der Waals surface area contributed by atoms with Crippen LogP contribution in [0.2, 0.25) is 0 Å². The Hall–Kier alpha value is -3.66. The maximum atomic E-state index is 6.30. The Balaban J connectivity index is 1.47. The third kappa shape index (κ3) is 4.09.